The summed E-state index contributed by atoms with van der Waals surface area (Å²) in [6.45, 7) is 0.282. The molecule has 1 rings (SSSR count). The van der Waals surface area contributed by atoms with Crippen molar-refractivity contribution in [1.29, 1.82) is 0 Å². The number of carbonyl (C=O) groups is 1. The van der Waals surface area contributed by atoms with Crippen molar-refractivity contribution in [3.63, 3.8) is 0 Å². The highest BCUT2D eigenvalue weighted by molar-refractivity contribution is 5.79. The highest BCUT2D eigenvalue weighted by atomic mass is 16.2. The van der Waals surface area contributed by atoms with Crippen molar-refractivity contribution in [2.24, 2.45) is 0 Å². The van der Waals surface area contributed by atoms with E-state index in [1.165, 1.54) is 4.90 Å². The molecule has 1 aromatic heterocycles. The van der Waals surface area contributed by atoms with E-state index in [1.807, 2.05) is 18.2 Å². The van der Waals surface area contributed by atoms with Crippen molar-refractivity contribution < 1.29 is 4.79 Å². The lowest BCUT2D eigenvalue weighted by atomic mass is 10.4. The largest absolute Gasteiger partial charge is 0.361 e. The zero-order valence-electron chi connectivity index (χ0n) is 7.82. The van der Waals surface area contributed by atoms with Gasteiger partial charge in [0, 0.05) is 20.3 Å². The van der Waals surface area contributed by atoms with Crippen LogP contribution in [0.4, 0.5) is 5.82 Å². The molecule has 0 unspecified atom stereocenters. The van der Waals surface area contributed by atoms with Gasteiger partial charge in [-0.05, 0) is 12.1 Å². The van der Waals surface area contributed by atoms with E-state index in [1.54, 1.807) is 20.3 Å². The first kappa shape index (κ1) is 9.51. The van der Waals surface area contributed by atoms with Gasteiger partial charge in [-0.2, -0.15) is 0 Å². The predicted molar refractivity (Wildman–Crippen MR) is 51.4 cm³/mol. The summed E-state index contributed by atoms with van der Waals surface area (Å²) in [7, 11) is 3.45. The molecule has 0 aromatic carbocycles. The minimum atomic E-state index is 0.0330. The molecule has 0 aliphatic rings. The monoisotopic (exact) mass is 179 g/mol. The first-order valence-corrected chi connectivity index (χ1v) is 4.05. The van der Waals surface area contributed by atoms with E-state index in [0.29, 0.717) is 0 Å². The molecule has 0 aliphatic carbocycles. The van der Waals surface area contributed by atoms with E-state index in [0.717, 1.165) is 5.82 Å². The number of nitrogens with one attached hydrogen (secondary N) is 1. The van der Waals surface area contributed by atoms with Crippen LogP contribution in [0, 0.1) is 0 Å². The second-order valence-corrected chi connectivity index (χ2v) is 2.86. The third-order valence-corrected chi connectivity index (χ3v) is 1.58. The normalized spacial score (nSPS) is 9.38. The lowest BCUT2D eigenvalue weighted by Crippen LogP contribution is -2.28. The molecule has 0 aliphatic heterocycles. The zero-order chi connectivity index (χ0) is 9.68. The lowest BCUT2D eigenvalue weighted by molar-refractivity contribution is -0.126. The van der Waals surface area contributed by atoms with Gasteiger partial charge in [0.2, 0.25) is 5.91 Å². The molecule has 70 valence electrons. The van der Waals surface area contributed by atoms with E-state index in [4.69, 9.17) is 0 Å². The van der Waals surface area contributed by atoms with Gasteiger partial charge in [0.25, 0.3) is 0 Å². The summed E-state index contributed by atoms with van der Waals surface area (Å²) >= 11 is 0. The van der Waals surface area contributed by atoms with Crippen LogP contribution in [0.25, 0.3) is 0 Å². The molecule has 4 nitrogen and oxygen atoms in total. The number of hydrogen-bond donors (Lipinski definition) is 1. The summed E-state index contributed by atoms with van der Waals surface area (Å²) < 4.78 is 0. The number of pyridine rings is 1. The summed E-state index contributed by atoms with van der Waals surface area (Å²) in [4.78, 5) is 16.7. The van der Waals surface area contributed by atoms with Crippen molar-refractivity contribution in [2.45, 2.75) is 0 Å². The molecular formula is C9H13N3O. The van der Waals surface area contributed by atoms with Crippen LogP contribution < -0.4 is 5.32 Å². The van der Waals surface area contributed by atoms with Crippen molar-refractivity contribution in [2.75, 3.05) is 26.0 Å². The Labute approximate surface area is 77.6 Å². The standard InChI is InChI=1S/C9H13N3O/c1-12(2)9(13)7-11-8-5-3-4-6-10-8/h3-6H,7H2,1-2H3,(H,10,11). The molecular weight excluding hydrogens is 166 g/mol. The number of likely N-dealkylation sites (N-methyl/N-ethyl adjacent to an activating group) is 1. The van der Waals surface area contributed by atoms with Crippen LogP contribution in [0.2, 0.25) is 0 Å². The van der Waals surface area contributed by atoms with Crippen molar-refractivity contribution in [3.8, 4) is 0 Å². The van der Waals surface area contributed by atoms with Crippen LogP contribution in [0.3, 0.4) is 0 Å². The summed E-state index contributed by atoms with van der Waals surface area (Å²) in [5.41, 5.74) is 0. The van der Waals surface area contributed by atoms with Gasteiger partial charge in [-0.1, -0.05) is 6.07 Å². The third kappa shape index (κ3) is 3.11. The summed E-state index contributed by atoms with van der Waals surface area (Å²) in [5, 5.41) is 2.92. The molecule has 1 N–H and O–H groups in total. The van der Waals surface area contributed by atoms with Crippen LogP contribution in [0.15, 0.2) is 24.4 Å². The highest BCUT2D eigenvalue weighted by Crippen LogP contribution is 1.98. The minimum absolute atomic E-state index is 0.0330. The van der Waals surface area contributed by atoms with E-state index < -0.39 is 0 Å². The number of nitrogens with zero attached hydrogens (tertiary/aromatic N) is 2. The molecule has 0 spiro atoms. The summed E-state index contributed by atoms with van der Waals surface area (Å²) in [5.74, 6) is 0.753. The highest BCUT2D eigenvalue weighted by Gasteiger charge is 2.02. The quantitative estimate of drug-likeness (QED) is 0.738. The van der Waals surface area contributed by atoms with E-state index in [2.05, 4.69) is 10.3 Å². The molecule has 4 heteroatoms. The van der Waals surface area contributed by atoms with Gasteiger partial charge in [-0.15, -0.1) is 0 Å². The molecule has 0 atom stereocenters. The van der Waals surface area contributed by atoms with Crippen molar-refractivity contribution >= 4 is 11.7 Å². The summed E-state index contributed by atoms with van der Waals surface area (Å²) in [6.07, 6.45) is 1.68. The van der Waals surface area contributed by atoms with Gasteiger partial charge >= 0.3 is 0 Å². The fraction of sp³-hybridized carbons (Fsp3) is 0.333. The molecule has 0 saturated heterocycles. The number of amides is 1. The topological polar surface area (TPSA) is 45.2 Å². The molecule has 0 fully saturated rings. The average Bonchev–Trinajstić information content (AvgIpc) is 2.15. The van der Waals surface area contributed by atoms with Gasteiger partial charge in [0.15, 0.2) is 0 Å². The lowest BCUT2D eigenvalue weighted by Gasteiger charge is -2.10. The van der Waals surface area contributed by atoms with Gasteiger partial charge in [-0.3, -0.25) is 4.79 Å². The Kier molecular flexibility index (Phi) is 3.25. The molecule has 1 heterocycles. The maximum atomic E-state index is 11.2. The maximum absolute atomic E-state index is 11.2. The van der Waals surface area contributed by atoms with Crippen LogP contribution >= 0.6 is 0 Å². The first-order valence-electron chi connectivity index (χ1n) is 4.05. The molecule has 1 amide bonds. The number of aromatic nitrogens is 1. The summed E-state index contributed by atoms with van der Waals surface area (Å²) in [6, 6.07) is 5.53. The van der Waals surface area contributed by atoms with Crippen molar-refractivity contribution in [1.82, 2.24) is 9.88 Å². The maximum Gasteiger partial charge on any atom is 0.241 e. The van der Waals surface area contributed by atoms with E-state index in [9.17, 15) is 4.79 Å². The van der Waals surface area contributed by atoms with Crippen LogP contribution in [0.5, 0.6) is 0 Å². The van der Waals surface area contributed by atoms with Gasteiger partial charge in [-0.25, -0.2) is 4.98 Å². The van der Waals surface area contributed by atoms with E-state index >= 15 is 0 Å². The Bertz CT molecular complexity index is 271. The molecule has 0 saturated carbocycles. The Hall–Kier alpha value is -1.58. The molecule has 0 bridgehead atoms. The second-order valence-electron chi connectivity index (χ2n) is 2.86. The first-order chi connectivity index (χ1) is 6.20. The minimum Gasteiger partial charge on any atom is -0.361 e. The Morgan fingerprint density at radius 1 is 1.54 bits per heavy atom. The second kappa shape index (κ2) is 4.45. The molecule has 13 heavy (non-hydrogen) atoms. The smallest absolute Gasteiger partial charge is 0.241 e. The van der Waals surface area contributed by atoms with Crippen molar-refractivity contribution in [3.05, 3.63) is 24.4 Å². The number of hydrogen-bond acceptors (Lipinski definition) is 3. The third-order valence-electron chi connectivity index (χ3n) is 1.58. The predicted octanol–water partition coefficient (Wildman–Crippen LogP) is 0.582. The molecule has 0 radical (unpaired) electrons. The Morgan fingerprint density at radius 3 is 2.85 bits per heavy atom. The van der Waals surface area contributed by atoms with Crippen LogP contribution in [-0.2, 0) is 4.79 Å². The van der Waals surface area contributed by atoms with Crippen LogP contribution in [-0.4, -0.2) is 36.4 Å². The Balaban J connectivity index is 2.40. The van der Waals surface area contributed by atoms with Gasteiger partial charge in [0.05, 0.1) is 6.54 Å². The number of carbonyl (C=O) groups excluding carboxylic acids is 1. The van der Waals surface area contributed by atoms with E-state index in [-0.39, 0.29) is 12.5 Å². The van der Waals surface area contributed by atoms with Crippen LogP contribution in [0.1, 0.15) is 0 Å². The van der Waals surface area contributed by atoms with Gasteiger partial charge in [0.1, 0.15) is 5.82 Å². The fourth-order valence-electron chi connectivity index (χ4n) is 0.792. The zero-order valence-corrected chi connectivity index (χ0v) is 7.82. The number of rotatable bonds is 3. The Morgan fingerprint density at radius 2 is 2.31 bits per heavy atom. The average molecular weight is 179 g/mol. The SMILES string of the molecule is CN(C)C(=O)CNc1ccccn1. The van der Waals surface area contributed by atoms with Gasteiger partial charge < -0.3 is 10.2 Å². The number of anilines is 1. The fourth-order valence-corrected chi connectivity index (χ4v) is 0.792. The molecule has 1 aromatic rings.